The van der Waals surface area contributed by atoms with Crippen molar-refractivity contribution in [3.05, 3.63) is 28.8 Å². The highest BCUT2D eigenvalue weighted by atomic mass is 35.5. The van der Waals surface area contributed by atoms with Gasteiger partial charge < -0.3 is 21.5 Å². The number of anilines is 3. The molecule has 1 aliphatic carbocycles. The van der Waals surface area contributed by atoms with Crippen LogP contribution in [0.3, 0.4) is 0 Å². The molecule has 0 spiro atoms. The number of hydrogen-bond donors (Lipinski definition) is 4. The van der Waals surface area contributed by atoms with Gasteiger partial charge in [-0.3, -0.25) is 0 Å². The second-order valence-electron chi connectivity index (χ2n) is 8.02. The molecule has 0 saturated heterocycles. The summed E-state index contributed by atoms with van der Waals surface area (Å²) in [6.45, 7) is 4.00. The maximum Gasteiger partial charge on any atom is 0.337 e. The highest BCUT2D eigenvalue weighted by Crippen LogP contribution is 2.28. The molecule has 0 amide bonds. The predicted octanol–water partition coefficient (Wildman–Crippen LogP) is 3.58. The Morgan fingerprint density at radius 2 is 2.06 bits per heavy atom. The van der Waals surface area contributed by atoms with E-state index in [1.165, 1.54) is 12.1 Å². The van der Waals surface area contributed by atoms with Crippen LogP contribution in [0.5, 0.6) is 0 Å². The van der Waals surface area contributed by atoms with E-state index in [1.807, 2.05) is 13.8 Å². The number of nitrogens with two attached hydrogens (primary N) is 1. The van der Waals surface area contributed by atoms with Crippen molar-refractivity contribution in [1.29, 1.82) is 0 Å². The van der Waals surface area contributed by atoms with Gasteiger partial charge in [0.25, 0.3) is 0 Å². The largest absolute Gasteiger partial charge is 0.478 e. The van der Waals surface area contributed by atoms with Gasteiger partial charge in [-0.05, 0) is 44.9 Å². The minimum Gasteiger partial charge on any atom is -0.478 e. The molecule has 1 aliphatic rings. The molecule has 1 aromatic carbocycles. The topological polar surface area (TPSA) is 144 Å². The maximum atomic E-state index is 11.2. The van der Waals surface area contributed by atoms with Crippen molar-refractivity contribution >= 4 is 46.2 Å². The van der Waals surface area contributed by atoms with Crippen LogP contribution in [0.15, 0.2) is 18.2 Å². The van der Waals surface area contributed by atoms with Crippen molar-refractivity contribution in [2.24, 2.45) is 5.73 Å². The van der Waals surface area contributed by atoms with Gasteiger partial charge in [-0.2, -0.15) is 9.97 Å². The number of benzene rings is 1. The van der Waals surface area contributed by atoms with Crippen LogP contribution >= 0.6 is 11.6 Å². The molecule has 4 rings (SSSR count). The number of nitrogens with zero attached hydrogens (tertiary/aromatic N) is 5. The molecule has 5 N–H and O–H groups in total. The van der Waals surface area contributed by atoms with Crippen molar-refractivity contribution in [2.75, 3.05) is 10.6 Å². The molecule has 164 valence electrons. The number of carboxylic acids is 1. The van der Waals surface area contributed by atoms with Crippen LogP contribution < -0.4 is 16.4 Å². The first kappa shape index (κ1) is 21.3. The van der Waals surface area contributed by atoms with Crippen molar-refractivity contribution in [3.8, 4) is 0 Å². The van der Waals surface area contributed by atoms with Gasteiger partial charge in [0, 0.05) is 17.8 Å². The Kier molecular flexibility index (Phi) is 5.92. The molecule has 11 heteroatoms. The average molecular weight is 445 g/mol. The van der Waals surface area contributed by atoms with E-state index in [4.69, 9.17) is 17.3 Å². The third kappa shape index (κ3) is 4.40. The summed E-state index contributed by atoms with van der Waals surface area (Å²) in [6.07, 6.45) is 4.16. The zero-order valence-electron chi connectivity index (χ0n) is 17.3. The quantitative estimate of drug-likeness (QED) is 0.448. The number of aromatic nitrogens is 5. The van der Waals surface area contributed by atoms with E-state index in [1.54, 1.807) is 10.7 Å². The summed E-state index contributed by atoms with van der Waals surface area (Å²) in [5.74, 6) is -0.200. The Hall–Kier alpha value is -2.98. The molecular formula is C20H25ClN8O2. The lowest BCUT2D eigenvalue weighted by atomic mass is 9.91. The van der Waals surface area contributed by atoms with E-state index in [2.05, 4.69) is 30.9 Å². The van der Waals surface area contributed by atoms with Crippen molar-refractivity contribution in [3.63, 3.8) is 0 Å². The Labute approximate surface area is 184 Å². The fraction of sp³-hybridized carbons (Fsp3) is 0.450. The number of carbonyl (C=O) groups is 1. The number of halogens is 1. The third-order valence-corrected chi connectivity index (χ3v) is 5.72. The summed E-state index contributed by atoms with van der Waals surface area (Å²) in [5.41, 5.74) is 7.99. The minimum atomic E-state index is -1.09. The molecule has 0 bridgehead atoms. The van der Waals surface area contributed by atoms with Gasteiger partial charge in [-0.15, -0.1) is 5.10 Å². The van der Waals surface area contributed by atoms with Crippen LogP contribution in [-0.4, -0.2) is 48.1 Å². The molecule has 1 fully saturated rings. The lowest BCUT2D eigenvalue weighted by Crippen LogP contribution is -2.43. The van der Waals surface area contributed by atoms with E-state index < -0.39 is 5.97 Å². The molecule has 3 aromatic rings. The predicted molar refractivity (Wildman–Crippen MR) is 119 cm³/mol. The summed E-state index contributed by atoms with van der Waals surface area (Å²) in [5, 5.41) is 24.4. The number of hydrogen-bond acceptors (Lipinski definition) is 8. The number of nitrogens with one attached hydrogen (secondary N) is 2. The van der Waals surface area contributed by atoms with Gasteiger partial charge >= 0.3 is 5.97 Å². The minimum absolute atomic E-state index is 0.0273. The van der Waals surface area contributed by atoms with E-state index in [9.17, 15) is 9.90 Å². The molecule has 1 saturated carbocycles. The second-order valence-corrected chi connectivity index (χ2v) is 8.43. The number of aromatic carboxylic acids is 1. The molecule has 0 aliphatic heterocycles. The molecule has 10 nitrogen and oxygen atoms in total. The van der Waals surface area contributed by atoms with Crippen molar-refractivity contribution in [2.45, 2.75) is 57.7 Å². The lowest BCUT2D eigenvalue weighted by molar-refractivity contribution is 0.0697. The maximum absolute atomic E-state index is 11.2. The first-order valence-corrected chi connectivity index (χ1v) is 10.7. The molecular weight excluding hydrogens is 420 g/mol. The van der Waals surface area contributed by atoms with Crippen LogP contribution in [0.4, 0.5) is 17.5 Å². The summed E-state index contributed by atoms with van der Waals surface area (Å²) in [6, 6.07) is 4.79. The normalized spacial score (nSPS) is 19.0. The van der Waals surface area contributed by atoms with E-state index in [-0.39, 0.29) is 28.7 Å². The van der Waals surface area contributed by atoms with E-state index in [0.717, 1.165) is 25.7 Å². The first-order valence-electron chi connectivity index (χ1n) is 10.3. The van der Waals surface area contributed by atoms with Gasteiger partial charge in [0.1, 0.15) is 0 Å². The zero-order chi connectivity index (χ0) is 22.1. The zero-order valence-corrected chi connectivity index (χ0v) is 18.1. The number of fused-ring (bicyclic) bond motifs is 1. The summed E-state index contributed by atoms with van der Waals surface area (Å²) in [4.78, 5) is 20.5. The Balaban J connectivity index is 1.72. The molecule has 2 aromatic heterocycles. The molecule has 2 heterocycles. The summed E-state index contributed by atoms with van der Waals surface area (Å²) in [7, 11) is 0. The molecule has 2 unspecified atom stereocenters. The smallest absolute Gasteiger partial charge is 0.337 e. The van der Waals surface area contributed by atoms with Gasteiger partial charge in [-0.25, -0.2) is 9.48 Å². The van der Waals surface area contributed by atoms with Gasteiger partial charge in [0.15, 0.2) is 17.0 Å². The third-order valence-electron chi connectivity index (χ3n) is 5.41. The summed E-state index contributed by atoms with van der Waals surface area (Å²) < 4.78 is 1.73. The Bertz CT molecular complexity index is 1120. The molecule has 0 radical (unpaired) electrons. The van der Waals surface area contributed by atoms with Crippen LogP contribution in [0.2, 0.25) is 5.02 Å². The standard InChI is InChI=1S/C20H25ClN8O2/c1-10(2)29-18-16(27-28-29)17(23-11-7-8-12(19(30)31)13(21)9-11)25-20(26-18)24-15-6-4-3-5-14(15)22/h7-10,14-15H,3-6,22H2,1-2H3,(H,30,31)(H2,23,24,25,26). The second kappa shape index (κ2) is 8.64. The van der Waals surface area contributed by atoms with E-state index in [0.29, 0.717) is 28.6 Å². The molecule has 31 heavy (non-hydrogen) atoms. The van der Waals surface area contributed by atoms with Crippen molar-refractivity contribution < 1.29 is 9.90 Å². The van der Waals surface area contributed by atoms with Crippen LogP contribution in [0.25, 0.3) is 11.2 Å². The number of carboxylic acid groups (broad SMARTS) is 1. The van der Waals surface area contributed by atoms with E-state index >= 15 is 0 Å². The van der Waals surface area contributed by atoms with Gasteiger partial charge in [0.2, 0.25) is 5.95 Å². The number of rotatable bonds is 6. The Morgan fingerprint density at radius 1 is 1.29 bits per heavy atom. The molecule has 2 atom stereocenters. The van der Waals surface area contributed by atoms with Crippen LogP contribution in [0, 0.1) is 0 Å². The van der Waals surface area contributed by atoms with Crippen molar-refractivity contribution in [1.82, 2.24) is 25.0 Å². The first-order chi connectivity index (χ1) is 14.8. The summed E-state index contributed by atoms with van der Waals surface area (Å²) >= 11 is 6.12. The van der Waals surface area contributed by atoms with Crippen LogP contribution in [0.1, 0.15) is 55.9 Å². The van der Waals surface area contributed by atoms with Gasteiger partial charge in [-0.1, -0.05) is 29.7 Å². The fourth-order valence-electron chi connectivity index (χ4n) is 3.74. The fourth-order valence-corrected chi connectivity index (χ4v) is 4.00. The highest BCUT2D eigenvalue weighted by molar-refractivity contribution is 6.33. The highest BCUT2D eigenvalue weighted by Gasteiger charge is 2.24. The average Bonchev–Trinajstić information content (AvgIpc) is 3.14. The Morgan fingerprint density at radius 3 is 2.74 bits per heavy atom. The lowest BCUT2D eigenvalue weighted by Gasteiger charge is -2.29. The monoisotopic (exact) mass is 444 g/mol. The van der Waals surface area contributed by atoms with Crippen LogP contribution in [-0.2, 0) is 0 Å². The van der Waals surface area contributed by atoms with Gasteiger partial charge in [0.05, 0.1) is 16.6 Å². The SMILES string of the molecule is CC(C)n1nnc2c(Nc3ccc(C(=O)O)c(Cl)c3)nc(NC3CCCCC3N)nc21.